The number of aliphatic hydroxyl groups is 1. The number of thiazole rings is 1. The Hall–Kier alpha value is -1.93. The number of aromatic nitrogens is 3. The Morgan fingerprint density at radius 1 is 1.52 bits per heavy atom. The fourth-order valence-corrected chi connectivity index (χ4v) is 2.49. The molecule has 0 saturated carbocycles. The molecule has 2 amide bonds. The van der Waals surface area contributed by atoms with Gasteiger partial charge in [-0.05, 0) is 13.8 Å². The fraction of sp³-hybridized carbons (Fsp3) is 0.462. The number of amides is 2. The van der Waals surface area contributed by atoms with Crippen LogP contribution in [0, 0.1) is 6.92 Å². The van der Waals surface area contributed by atoms with Crippen LogP contribution in [-0.4, -0.2) is 32.4 Å². The van der Waals surface area contributed by atoms with Crippen molar-refractivity contribution in [2.45, 2.75) is 26.0 Å². The predicted octanol–water partition coefficient (Wildman–Crippen LogP) is 0.892. The first-order valence-electron chi connectivity index (χ1n) is 6.50. The summed E-state index contributed by atoms with van der Waals surface area (Å²) in [5.41, 5.74) is 2.16. The van der Waals surface area contributed by atoms with Crippen LogP contribution in [0.25, 0.3) is 0 Å². The first-order valence-corrected chi connectivity index (χ1v) is 7.38. The van der Waals surface area contributed by atoms with Gasteiger partial charge in [-0.3, -0.25) is 4.68 Å². The van der Waals surface area contributed by atoms with E-state index >= 15 is 0 Å². The summed E-state index contributed by atoms with van der Waals surface area (Å²) in [4.78, 5) is 16.9. The lowest BCUT2D eigenvalue weighted by atomic mass is 10.00. The third-order valence-electron chi connectivity index (χ3n) is 3.17. The van der Waals surface area contributed by atoms with Crippen molar-refractivity contribution in [1.82, 2.24) is 25.4 Å². The Kier molecular flexibility index (Phi) is 4.59. The SMILES string of the molecule is Cc1ncsc1CNC(=O)NCC(C)(O)c1cnn(C)c1. The molecule has 2 rings (SSSR count). The van der Waals surface area contributed by atoms with Crippen molar-refractivity contribution in [3.8, 4) is 0 Å². The molecule has 114 valence electrons. The van der Waals surface area contributed by atoms with Crippen LogP contribution in [0.4, 0.5) is 4.79 Å². The third kappa shape index (κ3) is 4.02. The van der Waals surface area contributed by atoms with E-state index in [9.17, 15) is 9.90 Å². The zero-order valence-electron chi connectivity index (χ0n) is 12.3. The lowest BCUT2D eigenvalue weighted by molar-refractivity contribution is 0.0593. The minimum atomic E-state index is -1.16. The van der Waals surface area contributed by atoms with Crippen LogP contribution >= 0.6 is 11.3 Å². The smallest absolute Gasteiger partial charge is 0.315 e. The molecule has 0 radical (unpaired) electrons. The van der Waals surface area contributed by atoms with Gasteiger partial charge in [0.2, 0.25) is 0 Å². The number of carbonyl (C=O) groups is 1. The molecular weight excluding hydrogens is 290 g/mol. The van der Waals surface area contributed by atoms with Gasteiger partial charge in [0, 0.05) is 23.7 Å². The highest BCUT2D eigenvalue weighted by atomic mass is 32.1. The van der Waals surface area contributed by atoms with Crippen molar-refractivity contribution in [3.05, 3.63) is 34.0 Å². The number of hydrogen-bond acceptors (Lipinski definition) is 5. The highest BCUT2D eigenvalue weighted by Gasteiger charge is 2.25. The molecule has 0 aromatic carbocycles. The van der Waals surface area contributed by atoms with Crippen LogP contribution < -0.4 is 10.6 Å². The van der Waals surface area contributed by atoms with E-state index in [1.807, 2.05) is 6.92 Å². The van der Waals surface area contributed by atoms with E-state index in [-0.39, 0.29) is 12.6 Å². The Bertz CT molecular complexity index is 620. The van der Waals surface area contributed by atoms with Crippen molar-refractivity contribution in [2.24, 2.45) is 7.05 Å². The van der Waals surface area contributed by atoms with Crippen molar-refractivity contribution in [2.75, 3.05) is 6.54 Å². The van der Waals surface area contributed by atoms with Gasteiger partial charge >= 0.3 is 6.03 Å². The molecule has 8 heteroatoms. The van der Waals surface area contributed by atoms with Crippen LogP contribution in [0.3, 0.4) is 0 Å². The van der Waals surface area contributed by atoms with E-state index in [4.69, 9.17) is 0 Å². The Morgan fingerprint density at radius 3 is 2.86 bits per heavy atom. The average Bonchev–Trinajstić information content (AvgIpc) is 3.03. The summed E-state index contributed by atoms with van der Waals surface area (Å²) in [5, 5.41) is 19.8. The van der Waals surface area contributed by atoms with E-state index in [0.29, 0.717) is 12.1 Å². The topological polar surface area (TPSA) is 92.1 Å². The summed E-state index contributed by atoms with van der Waals surface area (Å²) in [5.74, 6) is 0. The van der Waals surface area contributed by atoms with Gasteiger partial charge in [0.05, 0.1) is 30.5 Å². The standard InChI is InChI=1S/C13H19N5O2S/c1-9-11(21-8-16-9)5-14-12(19)15-7-13(2,20)10-4-17-18(3)6-10/h4,6,8,20H,5,7H2,1-3H3,(H2,14,15,19). The van der Waals surface area contributed by atoms with Gasteiger partial charge in [-0.1, -0.05) is 0 Å². The molecule has 0 aliphatic heterocycles. The first-order chi connectivity index (χ1) is 9.88. The lowest BCUT2D eigenvalue weighted by Gasteiger charge is -2.22. The van der Waals surface area contributed by atoms with Crippen molar-refractivity contribution in [3.63, 3.8) is 0 Å². The highest BCUT2D eigenvalue weighted by molar-refractivity contribution is 7.09. The minimum absolute atomic E-state index is 0.103. The summed E-state index contributed by atoms with van der Waals surface area (Å²) in [7, 11) is 1.77. The summed E-state index contributed by atoms with van der Waals surface area (Å²) in [6.07, 6.45) is 3.31. The van der Waals surface area contributed by atoms with E-state index in [1.165, 1.54) is 11.3 Å². The summed E-state index contributed by atoms with van der Waals surface area (Å²) in [6, 6.07) is -0.327. The second-order valence-electron chi connectivity index (χ2n) is 5.07. The van der Waals surface area contributed by atoms with Crippen LogP contribution in [0.5, 0.6) is 0 Å². The number of nitrogens with zero attached hydrogens (tertiary/aromatic N) is 3. The largest absolute Gasteiger partial charge is 0.383 e. The maximum atomic E-state index is 11.8. The summed E-state index contributed by atoms with van der Waals surface area (Å²) < 4.78 is 1.61. The normalized spacial score (nSPS) is 13.7. The van der Waals surface area contributed by atoms with Crippen molar-refractivity contribution >= 4 is 17.4 Å². The number of carbonyl (C=O) groups excluding carboxylic acids is 1. The summed E-state index contributed by atoms with van der Waals surface area (Å²) >= 11 is 1.50. The van der Waals surface area contributed by atoms with E-state index < -0.39 is 5.60 Å². The fourth-order valence-electron chi connectivity index (χ4n) is 1.77. The molecule has 21 heavy (non-hydrogen) atoms. The molecule has 0 saturated heterocycles. The molecule has 0 aliphatic carbocycles. The van der Waals surface area contributed by atoms with Crippen LogP contribution in [0.15, 0.2) is 17.9 Å². The van der Waals surface area contributed by atoms with Crippen molar-refractivity contribution in [1.29, 1.82) is 0 Å². The Balaban J connectivity index is 1.82. The van der Waals surface area contributed by atoms with Gasteiger partial charge in [0.25, 0.3) is 0 Å². The molecule has 1 unspecified atom stereocenters. The average molecular weight is 309 g/mol. The molecule has 2 aromatic rings. The monoisotopic (exact) mass is 309 g/mol. The second kappa shape index (κ2) is 6.23. The molecule has 0 bridgehead atoms. The zero-order valence-corrected chi connectivity index (χ0v) is 13.1. The number of urea groups is 1. The van der Waals surface area contributed by atoms with E-state index in [2.05, 4.69) is 20.7 Å². The molecule has 0 spiro atoms. The molecule has 2 aromatic heterocycles. The van der Waals surface area contributed by atoms with E-state index in [0.717, 1.165) is 10.6 Å². The quantitative estimate of drug-likeness (QED) is 0.765. The van der Waals surface area contributed by atoms with Crippen LogP contribution in [-0.2, 0) is 19.2 Å². The van der Waals surface area contributed by atoms with E-state index in [1.54, 1.807) is 36.6 Å². The molecule has 1 atom stereocenters. The highest BCUT2D eigenvalue weighted by Crippen LogP contribution is 2.18. The number of nitrogens with one attached hydrogen (secondary N) is 2. The zero-order chi connectivity index (χ0) is 15.5. The second-order valence-corrected chi connectivity index (χ2v) is 6.01. The first kappa shape index (κ1) is 15.5. The van der Waals surface area contributed by atoms with Gasteiger partial charge in [0.15, 0.2) is 0 Å². The maximum absolute atomic E-state index is 11.8. The minimum Gasteiger partial charge on any atom is -0.383 e. The Labute approximate surface area is 127 Å². The lowest BCUT2D eigenvalue weighted by Crippen LogP contribution is -2.43. The number of aryl methyl sites for hydroxylation is 2. The van der Waals surface area contributed by atoms with Gasteiger partial charge in [-0.15, -0.1) is 11.3 Å². The van der Waals surface area contributed by atoms with Gasteiger partial charge < -0.3 is 15.7 Å². The molecule has 0 aliphatic rings. The number of hydrogen-bond donors (Lipinski definition) is 3. The predicted molar refractivity (Wildman–Crippen MR) is 79.9 cm³/mol. The Morgan fingerprint density at radius 2 is 2.29 bits per heavy atom. The third-order valence-corrected chi connectivity index (χ3v) is 4.11. The number of rotatable bonds is 5. The molecular formula is C13H19N5O2S. The van der Waals surface area contributed by atoms with Gasteiger partial charge in [-0.25, -0.2) is 9.78 Å². The molecule has 3 N–H and O–H groups in total. The van der Waals surface area contributed by atoms with Crippen LogP contribution in [0.1, 0.15) is 23.1 Å². The van der Waals surface area contributed by atoms with Gasteiger partial charge in [0.1, 0.15) is 5.60 Å². The molecule has 0 fully saturated rings. The van der Waals surface area contributed by atoms with Gasteiger partial charge in [-0.2, -0.15) is 5.10 Å². The molecule has 2 heterocycles. The molecule has 7 nitrogen and oxygen atoms in total. The maximum Gasteiger partial charge on any atom is 0.315 e. The summed E-state index contributed by atoms with van der Waals surface area (Å²) in [6.45, 7) is 4.07. The van der Waals surface area contributed by atoms with Crippen molar-refractivity contribution < 1.29 is 9.90 Å². The van der Waals surface area contributed by atoms with Crippen LogP contribution in [0.2, 0.25) is 0 Å².